The van der Waals surface area contributed by atoms with Gasteiger partial charge in [0.1, 0.15) is 11.3 Å². The van der Waals surface area contributed by atoms with Crippen LogP contribution in [0.15, 0.2) is 12.1 Å². The summed E-state index contributed by atoms with van der Waals surface area (Å²) in [6.07, 6.45) is 5.48. The lowest BCUT2D eigenvalue weighted by atomic mass is 9.55. The summed E-state index contributed by atoms with van der Waals surface area (Å²) in [7, 11) is 0. The highest BCUT2D eigenvalue weighted by molar-refractivity contribution is 5.93. The summed E-state index contributed by atoms with van der Waals surface area (Å²) >= 11 is 0. The summed E-state index contributed by atoms with van der Waals surface area (Å²) in [6.45, 7) is 2.24. The molecule has 0 radical (unpaired) electrons. The zero-order valence-electron chi connectivity index (χ0n) is 13.5. The molecule has 0 aliphatic heterocycles. The van der Waals surface area contributed by atoms with E-state index >= 15 is 0 Å². The number of hydrogen-bond acceptors (Lipinski definition) is 3. The van der Waals surface area contributed by atoms with E-state index in [1.165, 1.54) is 0 Å². The van der Waals surface area contributed by atoms with Gasteiger partial charge in [-0.25, -0.2) is 4.79 Å². The minimum absolute atomic E-state index is 0.0330. The zero-order valence-corrected chi connectivity index (χ0v) is 13.5. The fourth-order valence-electron chi connectivity index (χ4n) is 5.87. The van der Waals surface area contributed by atoms with Gasteiger partial charge in [-0.1, -0.05) is 13.0 Å². The third-order valence-corrected chi connectivity index (χ3v) is 7.06. The van der Waals surface area contributed by atoms with Crippen molar-refractivity contribution in [1.82, 2.24) is 0 Å². The van der Waals surface area contributed by atoms with Crippen molar-refractivity contribution >= 4 is 5.97 Å². The van der Waals surface area contributed by atoms with Gasteiger partial charge in [0, 0.05) is 0 Å². The van der Waals surface area contributed by atoms with E-state index in [4.69, 9.17) is 0 Å². The van der Waals surface area contributed by atoms with Crippen molar-refractivity contribution in [3.63, 3.8) is 0 Å². The first-order valence-corrected chi connectivity index (χ1v) is 8.69. The van der Waals surface area contributed by atoms with Crippen LogP contribution >= 0.6 is 0 Å². The molecule has 23 heavy (non-hydrogen) atoms. The molecule has 0 bridgehead atoms. The number of aromatic carboxylic acids is 1. The van der Waals surface area contributed by atoms with Crippen LogP contribution in [-0.2, 0) is 6.42 Å². The lowest BCUT2D eigenvalue weighted by Crippen LogP contribution is -2.44. The van der Waals surface area contributed by atoms with Crippen molar-refractivity contribution < 1.29 is 20.1 Å². The van der Waals surface area contributed by atoms with Crippen molar-refractivity contribution in [3.8, 4) is 5.75 Å². The minimum atomic E-state index is -1.03. The van der Waals surface area contributed by atoms with E-state index in [2.05, 4.69) is 6.92 Å². The van der Waals surface area contributed by atoms with Crippen LogP contribution in [0.2, 0.25) is 0 Å². The number of carboxylic acids is 1. The van der Waals surface area contributed by atoms with E-state index in [0.717, 1.165) is 49.7 Å². The van der Waals surface area contributed by atoms with Crippen LogP contribution in [0.4, 0.5) is 0 Å². The number of phenols is 1. The van der Waals surface area contributed by atoms with Gasteiger partial charge in [0.25, 0.3) is 0 Å². The number of aromatic hydroxyl groups is 1. The Morgan fingerprint density at radius 3 is 2.74 bits per heavy atom. The van der Waals surface area contributed by atoms with E-state index in [1.54, 1.807) is 6.07 Å². The number of benzene rings is 1. The summed E-state index contributed by atoms with van der Waals surface area (Å²) in [5, 5.41) is 29.8. The van der Waals surface area contributed by atoms with Crippen molar-refractivity contribution in [2.45, 2.75) is 57.5 Å². The van der Waals surface area contributed by atoms with Crippen LogP contribution in [0.25, 0.3) is 0 Å². The third-order valence-electron chi connectivity index (χ3n) is 7.06. The molecule has 3 aliphatic carbocycles. The molecule has 2 fully saturated rings. The quantitative estimate of drug-likeness (QED) is 0.743. The Balaban J connectivity index is 1.76. The summed E-state index contributed by atoms with van der Waals surface area (Å²) in [6, 6.07) is 3.48. The van der Waals surface area contributed by atoms with Crippen molar-refractivity contribution in [2.24, 2.45) is 17.3 Å². The van der Waals surface area contributed by atoms with Gasteiger partial charge < -0.3 is 15.3 Å². The Kier molecular flexibility index (Phi) is 3.24. The maximum Gasteiger partial charge on any atom is 0.339 e. The molecule has 0 aromatic heterocycles. The van der Waals surface area contributed by atoms with Gasteiger partial charge in [0.15, 0.2) is 0 Å². The minimum Gasteiger partial charge on any atom is -0.507 e. The Bertz CT molecular complexity index is 668. The summed E-state index contributed by atoms with van der Waals surface area (Å²) < 4.78 is 0. The van der Waals surface area contributed by atoms with Crippen molar-refractivity contribution in [1.29, 1.82) is 0 Å². The van der Waals surface area contributed by atoms with Gasteiger partial charge in [-0.3, -0.25) is 0 Å². The molecular weight excluding hydrogens is 292 g/mol. The van der Waals surface area contributed by atoms with Gasteiger partial charge in [0.2, 0.25) is 0 Å². The normalized spacial score (nSPS) is 38.5. The van der Waals surface area contributed by atoms with Gasteiger partial charge in [-0.2, -0.15) is 0 Å². The maximum absolute atomic E-state index is 11.5. The molecule has 4 heteroatoms. The number of carbonyl (C=O) groups is 1. The average Bonchev–Trinajstić information content (AvgIpc) is 2.82. The van der Waals surface area contributed by atoms with Gasteiger partial charge >= 0.3 is 5.97 Å². The molecule has 4 rings (SSSR count). The molecule has 5 atom stereocenters. The smallest absolute Gasteiger partial charge is 0.339 e. The molecule has 3 aliphatic rings. The Morgan fingerprint density at radius 2 is 2.00 bits per heavy atom. The number of rotatable bonds is 1. The topological polar surface area (TPSA) is 77.8 Å². The van der Waals surface area contributed by atoms with E-state index in [1.807, 2.05) is 6.07 Å². The van der Waals surface area contributed by atoms with Gasteiger partial charge in [-0.05, 0) is 78.9 Å². The number of hydrogen-bond donors (Lipinski definition) is 3. The van der Waals surface area contributed by atoms with E-state index < -0.39 is 5.97 Å². The summed E-state index contributed by atoms with van der Waals surface area (Å²) in [5.74, 6) is 0.290. The molecule has 1 aromatic carbocycles. The van der Waals surface area contributed by atoms with Gasteiger partial charge in [0.05, 0.1) is 6.10 Å². The Morgan fingerprint density at radius 1 is 1.22 bits per heavy atom. The van der Waals surface area contributed by atoms with Crippen LogP contribution in [0, 0.1) is 17.3 Å². The highest BCUT2D eigenvalue weighted by atomic mass is 16.4. The van der Waals surface area contributed by atoms with Gasteiger partial charge in [-0.15, -0.1) is 0 Å². The molecule has 0 spiro atoms. The Hall–Kier alpha value is -1.55. The first-order valence-electron chi connectivity index (χ1n) is 8.69. The first kappa shape index (κ1) is 15.0. The fourth-order valence-corrected chi connectivity index (χ4v) is 5.87. The van der Waals surface area contributed by atoms with E-state index in [-0.39, 0.29) is 22.8 Å². The number of fused-ring (bicyclic) bond motifs is 5. The average molecular weight is 316 g/mol. The molecule has 3 N–H and O–H groups in total. The van der Waals surface area contributed by atoms with E-state index in [0.29, 0.717) is 17.8 Å². The number of aliphatic hydroxyl groups is 1. The van der Waals surface area contributed by atoms with Crippen LogP contribution < -0.4 is 0 Å². The molecule has 0 unspecified atom stereocenters. The third kappa shape index (κ3) is 1.97. The van der Waals surface area contributed by atoms with Crippen molar-refractivity contribution in [3.05, 3.63) is 28.8 Å². The zero-order chi connectivity index (χ0) is 16.4. The molecule has 0 saturated heterocycles. The molecule has 2 saturated carbocycles. The van der Waals surface area contributed by atoms with Crippen LogP contribution in [-0.4, -0.2) is 27.4 Å². The fraction of sp³-hybridized carbons (Fsp3) is 0.632. The van der Waals surface area contributed by atoms with Crippen LogP contribution in [0.3, 0.4) is 0 Å². The predicted octanol–water partition coefficient (Wildman–Crippen LogP) is 3.31. The predicted molar refractivity (Wildman–Crippen MR) is 85.7 cm³/mol. The number of aliphatic hydroxyl groups excluding tert-OH is 1. The second-order valence-electron chi connectivity index (χ2n) is 7.89. The summed E-state index contributed by atoms with van der Waals surface area (Å²) in [4.78, 5) is 11.5. The molecule has 1 aromatic rings. The highest BCUT2D eigenvalue weighted by Crippen LogP contribution is 2.61. The largest absolute Gasteiger partial charge is 0.507 e. The molecule has 124 valence electrons. The molecule has 0 amide bonds. The lowest BCUT2D eigenvalue weighted by Gasteiger charge is -2.50. The standard InChI is InChI=1S/C19H24O4/c1-19-9-8-11-10-4-6-15(20)17(18(22)23)13(10)3-2-12(11)14(19)5-7-16(19)21/h4,6,11-12,14,16,20-21H,2-3,5,7-9H2,1H3,(H,22,23)/t11-,12-,14+,16+,19+/m1/s1. The SMILES string of the molecule is C[C@]12CC[C@@H]3c4ccc(O)c(C(=O)O)c4CC[C@H]3[C@@H]1CC[C@@H]2O. The molecule has 4 nitrogen and oxygen atoms in total. The maximum atomic E-state index is 11.5. The first-order chi connectivity index (χ1) is 10.9. The monoisotopic (exact) mass is 316 g/mol. The molecular formula is C19H24O4. The second-order valence-corrected chi connectivity index (χ2v) is 7.89. The second kappa shape index (κ2) is 4.97. The van der Waals surface area contributed by atoms with Crippen molar-refractivity contribution in [2.75, 3.05) is 0 Å². The van der Waals surface area contributed by atoms with Crippen LogP contribution in [0.5, 0.6) is 5.75 Å². The Labute approximate surface area is 136 Å². The highest BCUT2D eigenvalue weighted by Gasteiger charge is 2.54. The van der Waals surface area contributed by atoms with E-state index in [9.17, 15) is 20.1 Å². The number of carboxylic acid groups (broad SMARTS) is 1. The summed E-state index contributed by atoms with van der Waals surface area (Å²) in [5.41, 5.74) is 2.09. The molecule has 0 heterocycles. The lowest BCUT2D eigenvalue weighted by molar-refractivity contribution is -0.0226. The van der Waals surface area contributed by atoms with Crippen LogP contribution in [0.1, 0.15) is 66.4 Å².